The zero-order valence-corrected chi connectivity index (χ0v) is 16.6. The number of amides is 1. The van der Waals surface area contributed by atoms with E-state index >= 15 is 0 Å². The van der Waals surface area contributed by atoms with Crippen LogP contribution in [0, 0.1) is 0 Å². The van der Waals surface area contributed by atoms with Gasteiger partial charge >= 0.3 is 0 Å². The van der Waals surface area contributed by atoms with Crippen LogP contribution in [-0.2, 0) is 14.8 Å². The molecule has 2 atom stereocenters. The third-order valence-electron chi connectivity index (χ3n) is 4.12. The Morgan fingerprint density at radius 1 is 1.08 bits per heavy atom. The second-order valence-corrected chi connectivity index (χ2v) is 8.56. The van der Waals surface area contributed by atoms with E-state index in [1.807, 2.05) is 37.3 Å². The Labute approximate surface area is 160 Å². The highest BCUT2D eigenvalue weighted by Crippen LogP contribution is 2.23. The van der Waals surface area contributed by atoms with Crippen LogP contribution >= 0.6 is 11.6 Å². The van der Waals surface area contributed by atoms with Crippen LogP contribution in [0.4, 0.5) is 5.69 Å². The number of sulfonamides is 1. The minimum Gasteiger partial charge on any atom is -0.354 e. The normalized spacial score (nSPS) is 13.7. The molecule has 0 aliphatic carbocycles. The number of nitrogens with zero attached hydrogens (tertiary/aromatic N) is 1. The van der Waals surface area contributed by atoms with Gasteiger partial charge in [0.1, 0.15) is 6.04 Å². The second-order valence-electron chi connectivity index (χ2n) is 6.27. The van der Waals surface area contributed by atoms with Crippen LogP contribution in [0.2, 0.25) is 5.02 Å². The van der Waals surface area contributed by atoms with Crippen molar-refractivity contribution in [1.29, 1.82) is 0 Å². The number of nitrogens with one attached hydrogen (secondary N) is 1. The molecule has 2 aromatic carbocycles. The fourth-order valence-corrected chi connectivity index (χ4v) is 4.00. The van der Waals surface area contributed by atoms with Crippen LogP contribution in [0.25, 0.3) is 0 Å². The van der Waals surface area contributed by atoms with Crippen LogP contribution in [0.15, 0.2) is 54.6 Å². The molecule has 140 valence electrons. The van der Waals surface area contributed by atoms with Gasteiger partial charge < -0.3 is 5.32 Å². The van der Waals surface area contributed by atoms with E-state index in [4.69, 9.17) is 11.6 Å². The smallest absolute Gasteiger partial charge is 0.243 e. The Morgan fingerprint density at radius 3 is 2.19 bits per heavy atom. The van der Waals surface area contributed by atoms with Gasteiger partial charge in [0.15, 0.2) is 0 Å². The highest BCUT2D eigenvalue weighted by molar-refractivity contribution is 7.92. The van der Waals surface area contributed by atoms with Crippen molar-refractivity contribution in [2.24, 2.45) is 0 Å². The van der Waals surface area contributed by atoms with Gasteiger partial charge in [-0.3, -0.25) is 9.10 Å². The van der Waals surface area contributed by atoms with Crippen LogP contribution in [0.3, 0.4) is 0 Å². The molecule has 2 rings (SSSR count). The van der Waals surface area contributed by atoms with E-state index in [9.17, 15) is 13.2 Å². The van der Waals surface area contributed by atoms with Crippen molar-refractivity contribution in [2.45, 2.75) is 25.8 Å². The summed E-state index contributed by atoms with van der Waals surface area (Å²) in [6, 6.07) is 15.3. The summed E-state index contributed by atoms with van der Waals surface area (Å²) in [7, 11) is -3.64. The number of hydrogen-bond acceptors (Lipinski definition) is 3. The van der Waals surface area contributed by atoms with Gasteiger partial charge in [-0.1, -0.05) is 48.9 Å². The molecular formula is C19H23ClN2O3S. The molecule has 0 saturated heterocycles. The first-order valence-electron chi connectivity index (χ1n) is 8.27. The predicted octanol–water partition coefficient (Wildman–Crippen LogP) is 3.41. The molecule has 0 heterocycles. The number of rotatable bonds is 7. The van der Waals surface area contributed by atoms with Crippen molar-refractivity contribution in [3.05, 3.63) is 65.2 Å². The molecule has 0 unspecified atom stereocenters. The summed E-state index contributed by atoms with van der Waals surface area (Å²) in [5.74, 6) is -0.234. The maximum Gasteiger partial charge on any atom is 0.243 e. The Bertz CT molecular complexity index is 839. The van der Waals surface area contributed by atoms with Gasteiger partial charge in [0.05, 0.1) is 11.9 Å². The van der Waals surface area contributed by atoms with Crippen molar-refractivity contribution in [3.8, 4) is 0 Å². The molecule has 0 aliphatic rings. The molecule has 0 fully saturated rings. The first-order valence-corrected chi connectivity index (χ1v) is 10.5. The monoisotopic (exact) mass is 394 g/mol. The van der Waals surface area contributed by atoms with Crippen molar-refractivity contribution >= 4 is 33.2 Å². The highest BCUT2D eigenvalue weighted by Gasteiger charge is 2.29. The lowest BCUT2D eigenvalue weighted by Crippen LogP contribution is -2.48. The summed E-state index contributed by atoms with van der Waals surface area (Å²) in [5, 5.41) is 3.34. The lowest BCUT2D eigenvalue weighted by Gasteiger charge is -2.28. The summed E-state index contributed by atoms with van der Waals surface area (Å²) >= 11 is 5.87. The van der Waals surface area contributed by atoms with Crippen LogP contribution in [-0.4, -0.2) is 33.2 Å². The lowest BCUT2D eigenvalue weighted by atomic mass is 10.0. The van der Waals surface area contributed by atoms with Crippen molar-refractivity contribution in [1.82, 2.24) is 5.32 Å². The molecule has 1 N–H and O–H groups in total. The molecule has 26 heavy (non-hydrogen) atoms. The molecule has 7 heteroatoms. The van der Waals surface area contributed by atoms with Crippen LogP contribution in [0.5, 0.6) is 0 Å². The molecular weight excluding hydrogens is 372 g/mol. The van der Waals surface area contributed by atoms with E-state index in [2.05, 4.69) is 5.32 Å². The van der Waals surface area contributed by atoms with E-state index in [-0.39, 0.29) is 11.8 Å². The van der Waals surface area contributed by atoms with Crippen LogP contribution < -0.4 is 9.62 Å². The van der Waals surface area contributed by atoms with Gasteiger partial charge in [0, 0.05) is 11.6 Å². The molecule has 0 aliphatic heterocycles. The molecule has 5 nitrogen and oxygen atoms in total. The minimum atomic E-state index is -3.64. The first-order chi connectivity index (χ1) is 12.2. The fraction of sp³-hybridized carbons (Fsp3) is 0.316. The number of halogens is 1. The summed E-state index contributed by atoms with van der Waals surface area (Å²) < 4.78 is 25.6. The summed E-state index contributed by atoms with van der Waals surface area (Å²) in [6.07, 6.45) is 1.08. The molecule has 0 spiro atoms. The SMILES string of the molecule is C[C@H](CNC(=O)[C@@H](C)N(c1ccc(Cl)cc1)S(C)(=O)=O)c1ccccc1. The number of anilines is 1. The van der Waals surface area contributed by atoms with Gasteiger partial charge in [-0.25, -0.2) is 8.42 Å². The molecule has 0 radical (unpaired) electrons. The van der Waals surface area contributed by atoms with Gasteiger partial charge in [-0.05, 0) is 42.7 Å². The van der Waals surface area contributed by atoms with E-state index in [1.54, 1.807) is 31.2 Å². The fourth-order valence-electron chi connectivity index (χ4n) is 2.70. The Hall–Kier alpha value is -2.05. The Balaban J connectivity index is 2.11. The number of hydrogen-bond donors (Lipinski definition) is 1. The zero-order chi connectivity index (χ0) is 19.3. The van der Waals surface area contributed by atoms with E-state index < -0.39 is 16.1 Å². The average Bonchev–Trinajstić information content (AvgIpc) is 2.60. The highest BCUT2D eigenvalue weighted by atomic mass is 35.5. The summed E-state index contributed by atoms with van der Waals surface area (Å²) in [6.45, 7) is 4.00. The van der Waals surface area contributed by atoms with Crippen molar-refractivity contribution < 1.29 is 13.2 Å². The largest absolute Gasteiger partial charge is 0.354 e. The van der Waals surface area contributed by atoms with E-state index in [1.165, 1.54) is 0 Å². The predicted molar refractivity (Wildman–Crippen MR) is 106 cm³/mol. The maximum absolute atomic E-state index is 12.6. The third-order valence-corrected chi connectivity index (χ3v) is 5.61. The average molecular weight is 395 g/mol. The molecule has 0 bridgehead atoms. The molecule has 1 amide bonds. The number of benzene rings is 2. The molecule has 0 aromatic heterocycles. The van der Waals surface area contributed by atoms with Crippen LogP contribution in [0.1, 0.15) is 25.3 Å². The van der Waals surface area contributed by atoms with Gasteiger partial charge in [-0.15, -0.1) is 0 Å². The van der Waals surface area contributed by atoms with Crippen molar-refractivity contribution in [2.75, 3.05) is 17.1 Å². The second kappa shape index (κ2) is 8.56. The first kappa shape index (κ1) is 20.3. The van der Waals surface area contributed by atoms with Gasteiger partial charge in [-0.2, -0.15) is 0 Å². The van der Waals surface area contributed by atoms with E-state index in [0.29, 0.717) is 17.3 Å². The van der Waals surface area contributed by atoms with Gasteiger partial charge in [0.25, 0.3) is 0 Å². The van der Waals surface area contributed by atoms with E-state index in [0.717, 1.165) is 16.1 Å². The third kappa shape index (κ3) is 5.22. The van der Waals surface area contributed by atoms with Crippen molar-refractivity contribution in [3.63, 3.8) is 0 Å². The standard InChI is InChI=1S/C19H23ClN2O3S/c1-14(16-7-5-4-6-8-16)13-21-19(23)15(2)22(26(3,24)25)18-11-9-17(20)10-12-18/h4-12,14-15H,13H2,1-3H3,(H,21,23)/t14-,15-/m1/s1. The summed E-state index contributed by atoms with van der Waals surface area (Å²) in [4.78, 5) is 12.6. The summed E-state index contributed by atoms with van der Waals surface area (Å²) in [5.41, 5.74) is 1.51. The topological polar surface area (TPSA) is 66.5 Å². The number of carbonyl (C=O) groups excluding carboxylic acids is 1. The minimum absolute atomic E-state index is 0.120. The maximum atomic E-state index is 12.6. The van der Waals surface area contributed by atoms with Gasteiger partial charge in [0.2, 0.25) is 15.9 Å². The quantitative estimate of drug-likeness (QED) is 0.782. The lowest BCUT2D eigenvalue weighted by molar-refractivity contribution is -0.121. The number of carbonyl (C=O) groups is 1. The Kier molecular flexibility index (Phi) is 6.67. The molecule has 2 aromatic rings. The molecule has 0 saturated carbocycles. The Morgan fingerprint density at radius 2 is 1.65 bits per heavy atom. The zero-order valence-electron chi connectivity index (χ0n) is 15.0.